The van der Waals surface area contributed by atoms with Gasteiger partial charge in [-0.1, -0.05) is 34.4 Å². The molecule has 2 saturated carbocycles. The van der Waals surface area contributed by atoms with Crippen LogP contribution in [0.15, 0.2) is 34.9 Å². The smallest absolute Gasteiger partial charge is 0.340 e. The summed E-state index contributed by atoms with van der Waals surface area (Å²) in [6.45, 7) is 0.836. The van der Waals surface area contributed by atoms with E-state index in [-0.39, 0.29) is 23.8 Å². The molecule has 0 amide bonds. The van der Waals surface area contributed by atoms with Crippen LogP contribution in [-0.2, 0) is 16.1 Å². The molecule has 6 rings (SSSR count). The fourth-order valence-electron chi connectivity index (χ4n) is 5.67. The third-order valence-electron chi connectivity index (χ3n) is 7.64. The molecule has 6 nitrogen and oxygen atoms in total. The first-order valence-electron chi connectivity index (χ1n) is 12.2. The van der Waals surface area contributed by atoms with Gasteiger partial charge in [-0.05, 0) is 43.9 Å². The highest BCUT2D eigenvalue weighted by molar-refractivity contribution is 6.39. The number of nitrogens with zero attached hydrogens (tertiary/aromatic N) is 2. The van der Waals surface area contributed by atoms with E-state index in [2.05, 4.69) is 9.89 Å². The Bertz CT molecular complexity index is 1360. The number of benzene rings is 2. The largest absolute Gasteiger partial charge is 0.465 e. The Hall–Kier alpha value is -2.68. The topological polar surface area (TPSA) is 64.8 Å². The van der Waals surface area contributed by atoms with Gasteiger partial charge in [0.1, 0.15) is 23.1 Å². The Balaban J connectivity index is 1.19. The average Bonchev–Trinajstić information content (AvgIpc) is 3.33. The molecule has 0 unspecified atom stereocenters. The Kier molecular flexibility index (Phi) is 6.37. The second kappa shape index (κ2) is 9.57. The van der Waals surface area contributed by atoms with Crippen LogP contribution in [-0.4, -0.2) is 36.9 Å². The minimum absolute atomic E-state index is 0.00994. The minimum Gasteiger partial charge on any atom is -0.465 e. The molecule has 194 valence electrons. The summed E-state index contributed by atoms with van der Waals surface area (Å²) in [6, 6.07) is 7.31. The van der Waals surface area contributed by atoms with Gasteiger partial charge < -0.3 is 18.9 Å². The highest BCUT2D eigenvalue weighted by Gasteiger charge is 2.46. The van der Waals surface area contributed by atoms with E-state index in [0.29, 0.717) is 46.8 Å². The van der Waals surface area contributed by atoms with Crippen molar-refractivity contribution < 1.29 is 27.6 Å². The van der Waals surface area contributed by atoms with Crippen LogP contribution < -0.4 is 4.90 Å². The van der Waals surface area contributed by atoms with Gasteiger partial charge >= 0.3 is 5.97 Å². The lowest BCUT2D eigenvalue weighted by Gasteiger charge is -2.33. The lowest BCUT2D eigenvalue weighted by molar-refractivity contribution is 0.0122. The number of hydrogen-bond donors (Lipinski definition) is 0. The summed E-state index contributed by atoms with van der Waals surface area (Å²) in [5.41, 5.74) is 1.84. The SMILES string of the molecule is COC(=O)c1cc(F)c(N2C[C@@H]3C[C@H]2C[C@H]3OCc2c(-c3c(Cl)cccc3Cl)noc2C2CC2)cc1F. The van der Waals surface area contributed by atoms with Gasteiger partial charge in [0.2, 0.25) is 0 Å². The number of methoxy groups -OCH3 is 1. The van der Waals surface area contributed by atoms with Crippen LogP contribution in [0, 0.1) is 17.6 Å². The van der Waals surface area contributed by atoms with Crippen LogP contribution >= 0.6 is 23.2 Å². The van der Waals surface area contributed by atoms with Crippen molar-refractivity contribution in [1.82, 2.24) is 5.16 Å². The van der Waals surface area contributed by atoms with Crippen molar-refractivity contribution in [1.29, 1.82) is 0 Å². The second-order valence-corrected chi connectivity index (χ2v) is 10.7. The molecule has 3 aromatic rings. The van der Waals surface area contributed by atoms with Gasteiger partial charge in [-0.3, -0.25) is 0 Å². The summed E-state index contributed by atoms with van der Waals surface area (Å²) < 4.78 is 46.0. The molecular formula is C27H24Cl2F2N2O4. The molecular weight excluding hydrogens is 525 g/mol. The molecule has 37 heavy (non-hydrogen) atoms. The summed E-state index contributed by atoms with van der Waals surface area (Å²) >= 11 is 12.9. The van der Waals surface area contributed by atoms with E-state index in [9.17, 15) is 13.6 Å². The zero-order valence-electron chi connectivity index (χ0n) is 20.0. The van der Waals surface area contributed by atoms with Crippen molar-refractivity contribution >= 4 is 34.9 Å². The van der Waals surface area contributed by atoms with Crippen LogP contribution in [0.3, 0.4) is 0 Å². The van der Waals surface area contributed by atoms with E-state index in [1.807, 2.05) is 4.90 Å². The number of ether oxygens (including phenoxy) is 2. The molecule has 3 fully saturated rings. The maximum atomic E-state index is 14.8. The average molecular weight is 549 g/mol. The number of piperidine rings is 1. The first kappa shape index (κ1) is 24.6. The van der Waals surface area contributed by atoms with Crippen LogP contribution in [0.5, 0.6) is 0 Å². The lowest BCUT2D eigenvalue weighted by Crippen LogP contribution is -2.39. The predicted octanol–water partition coefficient (Wildman–Crippen LogP) is 6.77. The van der Waals surface area contributed by atoms with Gasteiger partial charge in [0.15, 0.2) is 0 Å². The van der Waals surface area contributed by atoms with E-state index in [4.69, 9.17) is 32.5 Å². The third-order valence-corrected chi connectivity index (χ3v) is 8.27. The normalized spacial score (nSPS) is 22.6. The maximum Gasteiger partial charge on any atom is 0.340 e. The molecule has 2 aliphatic carbocycles. The molecule has 0 spiro atoms. The van der Waals surface area contributed by atoms with E-state index < -0.39 is 23.2 Å². The summed E-state index contributed by atoms with van der Waals surface area (Å²) in [6.07, 6.45) is 3.53. The number of carbonyl (C=O) groups excluding carboxylic acids is 1. The fraction of sp³-hybridized carbons (Fsp3) is 0.407. The highest BCUT2D eigenvalue weighted by Crippen LogP contribution is 2.47. The Labute approximate surface area is 222 Å². The molecule has 2 bridgehead atoms. The van der Waals surface area contributed by atoms with E-state index in [0.717, 1.165) is 49.8 Å². The van der Waals surface area contributed by atoms with Crippen LogP contribution in [0.2, 0.25) is 10.0 Å². The first-order chi connectivity index (χ1) is 17.9. The number of rotatable bonds is 7. The molecule has 1 aromatic heterocycles. The Morgan fingerprint density at radius 2 is 1.92 bits per heavy atom. The molecule has 2 aromatic carbocycles. The summed E-state index contributed by atoms with van der Waals surface area (Å²) in [5, 5.41) is 5.30. The number of fused-ring (bicyclic) bond motifs is 2. The molecule has 1 aliphatic heterocycles. The van der Waals surface area contributed by atoms with Crippen molar-refractivity contribution in [2.45, 2.75) is 50.4 Å². The van der Waals surface area contributed by atoms with Gasteiger partial charge in [0, 0.05) is 41.6 Å². The van der Waals surface area contributed by atoms with E-state index in [1.165, 1.54) is 0 Å². The molecule has 10 heteroatoms. The molecule has 0 radical (unpaired) electrons. The van der Waals surface area contributed by atoms with Gasteiger partial charge in [-0.25, -0.2) is 13.6 Å². The quantitative estimate of drug-likeness (QED) is 0.303. The fourth-order valence-corrected chi connectivity index (χ4v) is 6.24. The second-order valence-electron chi connectivity index (χ2n) is 9.91. The summed E-state index contributed by atoms with van der Waals surface area (Å²) in [4.78, 5) is 13.6. The molecule has 2 heterocycles. The van der Waals surface area contributed by atoms with Crippen molar-refractivity contribution in [3.63, 3.8) is 0 Å². The van der Waals surface area contributed by atoms with Gasteiger partial charge in [-0.2, -0.15) is 0 Å². The molecule has 3 aliphatic rings. The maximum absolute atomic E-state index is 14.8. The summed E-state index contributed by atoms with van der Waals surface area (Å²) in [7, 11) is 1.13. The van der Waals surface area contributed by atoms with Gasteiger partial charge in [0.25, 0.3) is 0 Å². The van der Waals surface area contributed by atoms with Crippen LogP contribution in [0.1, 0.15) is 53.3 Å². The van der Waals surface area contributed by atoms with Gasteiger partial charge in [-0.15, -0.1) is 0 Å². The summed E-state index contributed by atoms with van der Waals surface area (Å²) in [5.74, 6) is -1.06. The highest BCUT2D eigenvalue weighted by atomic mass is 35.5. The van der Waals surface area contributed by atoms with Crippen molar-refractivity contribution in [2.75, 3.05) is 18.6 Å². The number of carbonyl (C=O) groups is 1. The van der Waals surface area contributed by atoms with E-state index in [1.54, 1.807) is 18.2 Å². The van der Waals surface area contributed by atoms with Crippen LogP contribution in [0.4, 0.5) is 14.5 Å². The van der Waals surface area contributed by atoms with Crippen molar-refractivity contribution in [3.8, 4) is 11.3 Å². The van der Waals surface area contributed by atoms with Gasteiger partial charge in [0.05, 0.1) is 41.1 Å². The van der Waals surface area contributed by atoms with E-state index >= 15 is 0 Å². The van der Waals surface area contributed by atoms with Crippen LogP contribution in [0.25, 0.3) is 11.3 Å². The predicted molar refractivity (Wildman–Crippen MR) is 134 cm³/mol. The number of hydrogen-bond acceptors (Lipinski definition) is 6. The molecule has 0 N–H and O–H groups in total. The monoisotopic (exact) mass is 548 g/mol. The Morgan fingerprint density at radius 1 is 1.16 bits per heavy atom. The molecule has 3 atom stereocenters. The zero-order chi connectivity index (χ0) is 25.8. The standard InChI is InChI=1S/C27H24Cl2F2N2O4/c1-35-27(34)16-9-21(31)22(10-20(16)30)33-11-14-7-15(33)8-23(14)36-12-17-25(32-37-26(17)13-5-6-13)24-18(28)3-2-4-19(24)29/h2-4,9-10,13-15,23H,5-8,11-12H2,1H3/t14-,15-,23+/m0/s1. The minimum atomic E-state index is -0.906. The molecule has 1 saturated heterocycles. The zero-order valence-corrected chi connectivity index (χ0v) is 21.5. The number of aromatic nitrogens is 1. The number of halogens is 4. The number of anilines is 1. The Morgan fingerprint density at radius 3 is 2.57 bits per heavy atom. The first-order valence-corrected chi connectivity index (χ1v) is 13.0. The van der Waals surface area contributed by atoms with Crippen molar-refractivity contribution in [2.24, 2.45) is 5.92 Å². The lowest BCUT2D eigenvalue weighted by atomic mass is 10.0. The van der Waals surface area contributed by atoms with Crippen molar-refractivity contribution in [3.05, 3.63) is 68.9 Å². The third kappa shape index (κ3) is 4.39. The number of esters is 1.